The fraction of sp³-hybridized carbons (Fsp3) is 0.611. The number of hydrogen-bond acceptors (Lipinski definition) is 3. The van der Waals surface area contributed by atoms with E-state index in [-0.39, 0.29) is 6.09 Å². The molecule has 0 aromatic heterocycles. The van der Waals surface area contributed by atoms with Gasteiger partial charge in [-0.3, -0.25) is 4.90 Å². The number of rotatable bonds is 3. The molecular weight excluding hydrogens is 276 g/mol. The molecule has 4 heteroatoms. The molecule has 4 nitrogen and oxygen atoms in total. The number of hydrogen-bond donors (Lipinski definition) is 0. The Hall–Kier alpha value is -1.55. The van der Waals surface area contributed by atoms with Crippen molar-refractivity contribution in [1.82, 2.24) is 9.80 Å². The van der Waals surface area contributed by atoms with Gasteiger partial charge in [-0.05, 0) is 44.7 Å². The van der Waals surface area contributed by atoms with E-state index in [1.165, 1.54) is 18.4 Å². The molecule has 0 saturated carbocycles. The molecule has 1 aromatic carbocycles. The summed E-state index contributed by atoms with van der Waals surface area (Å²) in [4.78, 5) is 16.5. The summed E-state index contributed by atoms with van der Waals surface area (Å²) < 4.78 is 5.18. The third kappa shape index (κ3) is 2.98. The summed E-state index contributed by atoms with van der Waals surface area (Å²) in [6.07, 6.45) is 2.29. The summed E-state index contributed by atoms with van der Waals surface area (Å²) in [6, 6.07) is 11.5. The van der Waals surface area contributed by atoms with Crippen LogP contribution in [0.1, 0.15) is 38.3 Å². The highest BCUT2D eigenvalue weighted by molar-refractivity contribution is 5.68. The third-order valence-corrected chi connectivity index (χ3v) is 5.13. The maximum Gasteiger partial charge on any atom is 0.409 e. The maximum atomic E-state index is 12.0. The Morgan fingerprint density at radius 1 is 1.32 bits per heavy atom. The van der Waals surface area contributed by atoms with Crippen molar-refractivity contribution in [3.63, 3.8) is 0 Å². The van der Waals surface area contributed by atoms with Crippen molar-refractivity contribution >= 4 is 6.09 Å². The average molecular weight is 302 g/mol. The van der Waals surface area contributed by atoms with Crippen LogP contribution in [0.4, 0.5) is 4.79 Å². The Labute approximate surface area is 133 Å². The molecule has 1 aromatic rings. The molecule has 2 saturated heterocycles. The molecule has 0 N–H and O–H groups in total. The number of nitrogens with zero attached hydrogens (tertiary/aromatic N) is 2. The lowest BCUT2D eigenvalue weighted by Crippen LogP contribution is -2.46. The average Bonchev–Trinajstić information content (AvgIpc) is 2.99. The zero-order chi connectivity index (χ0) is 15.5. The Morgan fingerprint density at radius 3 is 2.82 bits per heavy atom. The van der Waals surface area contributed by atoms with Gasteiger partial charge in [0, 0.05) is 25.2 Å². The van der Waals surface area contributed by atoms with E-state index >= 15 is 0 Å². The molecule has 2 heterocycles. The quantitative estimate of drug-likeness (QED) is 0.859. The van der Waals surface area contributed by atoms with Gasteiger partial charge in [0.05, 0.1) is 6.61 Å². The first kappa shape index (κ1) is 15.3. The number of benzene rings is 1. The van der Waals surface area contributed by atoms with Gasteiger partial charge in [-0.2, -0.15) is 0 Å². The normalized spacial score (nSPS) is 26.5. The largest absolute Gasteiger partial charge is 0.450 e. The summed E-state index contributed by atoms with van der Waals surface area (Å²) in [5.74, 6) is 0.587. The van der Waals surface area contributed by atoms with Crippen molar-refractivity contribution < 1.29 is 9.53 Å². The Balaban J connectivity index is 1.72. The van der Waals surface area contributed by atoms with E-state index in [0.717, 1.165) is 19.6 Å². The summed E-state index contributed by atoms with van der Waals surface area (Å²) in [6.45, 7) is 7.38. The van der Waals surface area contributed by atoms with Crippen LogP contribution in [0.3, 0.4) is 0 Å². The van der Waals surface area contributed by atoms with Gasteiger partial charge in [0.15, 0.2) is 0 Å². The molecule has 0 radical (unpaired) electrons. The first-order chi connectivity index (χ1) is 10.7. The van der Waals surface area contributed by atoms with Gasteiger partial charge in [0.2, 0.25) is 0 Å². The molecule has 0 unspecified atom stereocenters. The molecule has 0 bridgehead atoms. The van der Waals surface area contributed by atoms with E-state index < -0.39 is 0 Å². The molecule has 3 atom stereocenters. The van der Waals surface area contributed by atoms with Crippen molar-refractivity contribution in [3.8, 4) is 0 Å². The lowest BCUT2D eigenvalue weighted by atomic mass is 9.90. The lowest BCUT2D eigenvalue weighted by Gasteiger charge is -2.41. The highest BCUT2D eigenvalue weighted by atomic mass is 16.6. The van der Waals surface area contributed by atoms with Gasteiger partial charge in [0.25, 0.3) is 0 Å². The Morgan fingerprint density at radius 2 is 2.09 bits per heavy atom. The molecule has 2 aliphatic rings. The van der Waals surface area contributed by atoms with Crippen LogP contribution in [-0.2, 0) is 4.74 Å². The predicted molar refractivity (Wildman–Crippen MR) is 86.7 cm³/mol. The van der Waals surface area contributed by atoms with Crippen molar-refractivity contribution in [2.75, 3.05) is 26.2 Å². The van der Waals surface area contributed by atoms with Crippen LogP contribution in [0, 0.1) is 5.92 Å². The minimum atomic E-state index is -0.149. The fourth-order valence-corrected chi connectivity index (χ4v) is 3.98. The van der Waals surface area contributed by atoms with Crippen LogP contribution in [0.2, 0.25) is 0 Å². The second-order valence-corrected chi connectivity index (χ2v) is 6.40. The highest BCUT2D eigenvalue weighted by Gasteiger charge is 2.42. The molecule has 2 aliphatic heterocycles. The van der Waals surface area contributed by atoms with Crippen molar-refractivity contribution in [2.24, 2.45) is 5.92 Å². The van der Waals surface area contributed by atoms with E-state index in [2.05, 4.69) is 42.2 Å². The van der Waals surface area contributed by atoms with Gasteiger partial charge in [0.1, 0.15) is 0 Å². The monoisotopic (exact) mass is 302 g/mol. The van der Waals surface area contributed by atoms with Crippen LogP contribution >= 0.6 is 0 Å². The van der Waals surface area contributed by atoms with Crippen LogP contribution in [0.15, 0.2) is 30.3 Å². The van der Waals surface area contributed by atoms with E-state index in [1.807, 2.05) is 11.8 Å². The van der Waals surface area contributed by atoms with Gasteiger partial charge in [-0.25, -0.2) is 4.79 Å². The number of fused-ring (bicyclic) bond motifs is 1. The minimum Gasteiger partial charge on any atom is -0.450 e. The molecule has 22 heavy (non-hydrogen) atoms. The summed E-state index contributed by atoms with van der Waals surface area (Å²) >= 11 is 0. The van der Waals surface area contributed by atoms with Crippen LogP contribution in [0.5, 0.6) is 0 Å². The molecule has 120 valence electrons. The second kappa shape index (κ2) is 6.69. The predicted octanol–water partition coefficient (Wildman–Crippen LogP) is 3.30. The van der Waals surface area contributed by atoms with Crippen LogP contribution in [-0.4, -0.2) is 48.2 Å². The molecule has 2 fully saturated rings. The van der Waals surface area contributed by atoms with Crippen molar-refractivity contribution in [1.29, 1.82) is 0 Å². The molecule has 0 aliphatic carbocycles. The van der Waals surface area contributed by atoms with Crippen LogP contribution in [0.25, 0.3) is 0 Å². The summed E-state index contributed by atoms with van der Waals surface area (Å²) in [5, 5.41) is 0. The number of piperidine rings is 1. The highest BCUT2D eigenvalue weighted by Crippen LogP contribution is 2.36. The second-order valence-electron chi connectivity index (χ2n) is 6.40. The van der Waals surface area contributed by atoms with E-state index in [0.29, 0.717) is 24.6 Å². The number of likely N-dealkylation sites (tertiary alicyclic amines) is 2. The van der Waals surface area contributed by atoms with E-state index in [1.54, 1.807) is 0 Å². The molecule has 1 amide bonds. The number of carbonyl (C=O) groups excluding carboxylic acids is 1. The molecular formula is C18H26N2O2. The topological polar surface area (TPSA) is 32.8 Å². The smallest absolute Gasteiger partial charge is 0.409 e. The summed E-state index contributed by atoms with van der Waals surface area (Å²) in [5.41, 5.74) is 1.36. The van der Waals surface area contributed by atoms with Gasteiger partial charge in [-0.1, -0.05) is 30.3 Å². The zero-order valence-electron chi connectivity index (χ0n) is 13.6. The fourth-order valence-electron chi connectivity index (χ4n) is 3.98. The van der Waals surface area contributed by atoms with Gasteiger partial charge < -0.3 is 9.64 Å². The van der Waals surface area contributed by atoms with E-state index in [4.69, 9.17) is 4.74 Å². The van der Waals surface area contributed by atoms with Crippen molar-refractivity contribution in [3.05, 3.63) is 35.9 Å². The van der Waals surface area contributed by atoms with Gasteiger partial charge >= 0.3 is 6.09 Å². The number of amides is 1. The number of ether oxygens (including phenoxy) is 1. The van der Waals surface area contributed by atoms with Crippen molar-refractivity contribution in [2.45, 2.75) is 38.8 Å². The Bertz CT molecular complexity index is 505. The Kier molecular flexibility index (Phi) is 4.67. The third-order valence-electron chi connectivity index (χ3n) is 5.13. The zero-order valence-corrected chi connectivity index (χ0v) is 13.6. The van der Waals surface area contributed by atoms with E-state index in [9.17, 15) is 4.79 Å². The first-order valence-electron chi connectivity index (χ1n) is 8.43. The lowest BCUT2D eigenvalue weighted by molar-refractivity contribution is 0.0813. The van der Waals surface area contributed by atoms with Gasteiger partial charge in [-0.15, -0.1) is 0 Å². The molecule has 0 spiro atoms. The molecule has 3 rings (SSSR count). The summed E-state index contributed by atoms with van der Waals surface area (Å²) in [7, 11) is 0. The maximum absolute atomic E-state index is 12.0. The SMILES string of the molecule is CCOC(=O)N1C[C@@H]2CCCN([C@H](C)c3ccccc3)[C@@H]2C1. The first-order valence-corrected chi connectivity index (χ1v) is 8.43. The number of carbonyl (C=O) groups is 1. The standard InChI is InChI=1S/C18H26N2O2/c1-3-22-18(21)19-12-16-10-7-11-20(17(16)13-19)14(2)15-8-5-4-6-9-15/h4-6,8-9,14,16-17H,3,7,10-13H2,1-2H3/t14-,16+,17-/m1/s1. The van der Waals surface area contributed by atoms with Crippen LogP contribution < -0.4 is 0 Å². The minimum absolute atomic E-state index is 0.149.